The molecule has 0 bridgehead atoms. The molecule has 2 rings (SSSR count). The maximum absolute atomic E-state index is 9.29. The number of nitrogens with zero attached hydrogens (tertiary/aromatic N) is 4. The van der Waals surface area contributed by atoms with Gasteiger partial charge in [-0.15, -0.1) is 0 Å². The van der Waals surface area contributed by atoms with Gasteiger partial charge in [-0.1, -0.05) is 11.6 Å². The Balaban J connectivity index is 0.00000220. The zero-order valence-electron chi connectivity index (χ0n) is 12.6. The molecular formula is C15H18ClIN4. The van der Waals surface area contributed by atoms with Crippen LogP contribution in [0.15, 0.2) is 24.5 Å². The first-order valence-corrected chi connectivity index (χ1v) is 6.73. The monoisotopic (exact) mass is 416 g/mol. The van der Waals surface area contributed by atoms with Gasteiger partial charge in [-0.25, -0.2) is 4.98 Å². The molecule has 0 aliphatic heterocycles. The lowest BCUT2D eigenvalue weighted by atomic mass is 10.2. The third-order valence-corrected chi connectivity index (χ3v) is 3.27. The first kappa shape index (κ1) is 18.0. The van der Waals surface area contributed by atoms with Crippen molar-refractivity contribution in [3.05, 3.63) is 46.5 Å². The van der Waals surface area contributed by atoms with Gasteiger partial charge in [0.2, 0.25) is 0 Å². The second-order valence-electron chi connectivity index (χ2n) is 5.87. The van der Waals surface area contributed by atoms with Gasteiger partial charge in [-0.05, 0) is 25.1 Å². The van der Waals surface area contributed by atoms with Crippen molar-refractivity contribution in [3.63, 3.8) is 0 Å². The van der Waals surface area contributed by atoms with Crippen molar-refractivity contribution in [3.8, 4) is 11.8 Å². The molecular weight excluding hydrogens is 399 g/mol. The van der Waals surface area contributed by atoms with E-state index in [1.807, 2.05) is 17.6 Å². The summed E-state index contributed by atoms with van der Waals surface area (Å²) in [5, 5.41) is 9.85. The minimum absolute atomic E-state index is 0. The summed E-state index contributed by atoms with van der Waals surface area (Å²) in [6.07, 6.45) is 1.77. The van der Waals surface area contributed by atoms with Crippen molar-refractivity contribution in [1.82, 2.24) is 9.55 Å². The van der Waals surface area contributed by atoms with Gasteiger partial charge in [0.25, 0.3) is 0 Å². The van der Waals surface area contributed by atoms with Gasteiger partial charge in [0.1, 0.15) is 18.3 Å². The molecule has 21 heavy (non-hydrogen) atoms. The third kappa shape index (κ3) is 4.19. The van der Waals surface area contributed by atoms with E-state index in [2.05, 4.69) is 32.2 Å². The lowest BCUT2D eigenvalue weighted by molar-refractivity contribution is -0.884. The van der Waals surface area contributed by atoms with E-state index in [0.717, 1.165) is 28.1 Å². The van der Waals surface area contributed by atoms with E-state index in [0.29, 0.717) is 10.6 Å². The maximum atomic E-state index is 9.29. The van der Waals surface area contributed by atoms with Gasteiger partial charge in [0, 0.05) is 5.02 Å². The van der Waals surface area contributed by atoms with Crippen LogP contribution >= 0.6 is 11.6 Å². The molecule has 0 aliphatic carbocycles. The number of aryl methyl sites for hydroxylation is 1. The van der Waals surface area contributed by atoms with Crippen LogP contribution in [0.4, 0.5) is 0 Å². The Kier molecular flexibility index (Phi) is 5.79. The van der Waals surface area contributed by atoms with Crippen LogP contribution in [0, 0.1) is 18.3 Å². The molecule has 0 amide bonds. The molecule has 0 atom stereocenters. The average molecular weight is 417 g/mol. The van der Waals surface area contributed by atoms with Crippen LogP contribution in [0.3, 0.4) is 0 Å². The Morgan fingerprint density at radius 3 is 2.57 bits per heavy atom. The molecule has 2 aromatic rings. The topological polar surface area (TPSA) is 41.6 Å². The van der Waals surface area contributed by atoms with Gasteiger partial charge in [-0.2, -0.15) is 5.26 Å². The summed E-state index contributed by atoms with van der Waals surface area (Å²) in [6, 6.07) is 7.54. The van der Waals surface area contributed by atoms with E-state index >= 15 is 0 Å². The first-order valence-electron chi connectivity index (χ1n) is 6.35. The smallest absolute Gasteiger partial charge is 0.121 e. The van der Waals surface area contributed by atoms with E-state index in [9.17, 15) is 5.26 Å². The summed E-state index contributed by atoms with van der Waals surface area (Å²) in [6.45, 7) is 2.82. The molecule has 0 saturated heterocycles. The van der Waals surface area contributed by atoms with Gasteiger partial charge in [-0.3, -0.25) is 4.57 Å². The van der Waals surface area contributed by atoms with Gasteiger partial charge >= 0.3 is 0 Å². The van der Waals surface area contributed by atoms with Crippen LogP contribution in [0.2, 0.25) is 5.02 Å². The fraction of sp³-hybridized carbons (Fsp3) is 0.333. The highest BCUT2D eigenvalue weighted by molar-refractivity contribution is 6.30. The summed E-state index contributed by atoms with van der Waals surface area (Å²) < 4.78 is 2.77. The summed E-state index contributed by atoms with van der Waals surface area (Å²) in [5.74, 6) is 0. The van der Waals surface area contributed by atoms with Gasteiger partial charge in [0.15, 0.2) is 0 Å². The summed E-state index contributed by atoms with van der Waals surface area (Å²) in [4.78, 5) is 4.39. The number of hydrogen-bond donors (Lipinski definition) is 0. The van der Waals surface area contributed by atoms with Crippen molar-refractivity contribution >= 4 is 11.6 Å². The number of halogens is 2. The normalized spacial score (nSPS) is 10.9. The van der Waals surface area contributed by atoms with E-state index in [-0.39, 0.29) is 24.0 Å². The third-order valence-electron chi connectivity index (χ3n) is 3.04. The molecule has 0 spiro atoms. The molecule has 4 nitrogen and oxygen atoms in total. The maximum Gasteiger partial charge on any atom is 0.121 e. The largest absolute Gasteiger partial charge is 1.00 e. The van der Waals surface area contributed by atoms with Crippen molar-refractivity contribution in [2.45, 2.75) is 13.5 Å². The number of rotatable bonds is 3. The van der Waals surface area contributed by atoms with Gasteiger partial charge < -0.3 is 28.5 Å². The predicted molar refractivity (Wildman–Crippen MR) is 79.8 cm³/mol. The molecule has 1 aromatic heterocycles. The lowest BCUT2D eigenvalue weighted by Crippen LogP contribution is -3.00. The van der Waals surface area contributed by atoms with Crippen LogP contribution in [0.5, 0.6) is 0 Å². The number of quaternary nitrogens is 1. The van der Waals surface area contributed by atoms with Crippen LogP contribution in [0.1, 0.15) is 17.0 Å². The molecule has 0 radical (unpaired) electrons. The number of nitriles is 1. The number of hydrogen-bond acceptors (Lipinski definition) is 2. The second kappa shape index (κ2) is 6.77. The van der Waals surface area contributed by atoms with Crippen molar-refractivity contribution in [2.24, 2.45) is 0 Å². The van der Waals surface area contributed by atoms with Crippen LogP contribution in [0.25, 0.3) is 5.69 Å². The van der Waals surface area contributed by atoms with E-state index in [1.165, 1.54) is 0 Å². The quantitative estimate of drug-likeness (QED) is 0.519. The van der Waals surface area contributed by atoms with E-state index < -0.39 is 0 Å². The number of aromatic nitrogens is 2. The van der Waals surface area contributed by atoms with Crippen molar-refractivity contribution < 1.29 is 28.5 Å². The minimum atomic E-state index is 0. The van der Waals surface area contributed by atoms with Crippen LogP contribution in [-0.4, -0.2) is 35.2 Å². The number of benzene rings is 1. The van der Waals surface area contributed by atoms with E-state index in [1.54, 1.807) is 18.5 Å². The Morgan fingerprint density at radius 1 is 1.33 bits per heavy atom. The fourth-order valence-electron chi connectivity index (χ4n) is 2.12. The van der Waals surface area contributed by atoms with Crippen LogP contribution in [-0.2, 0) is 6.54 Å². The summed E-state index contributed by atoms with van der Waals surface area (Å²) in [5.41, 5.74) is 3.46. The van der Waals surface area contributed by atoms with E-state index in [4.69, 9.17) is 11.6 Å². The zero-order valence-corrected chi connectivity index (χ0v) is 15.5. The second-order valence-corrected chi connectivity index (χ2v) is 6.30. The fourth-order valence-corrected chi connectivity index (χ4v) is 2.29. The van der Waals surface area contributed by atoms with Crippen molar-refractivity contribution in [1.29, 1.82) is 5.26 Å². The Labute approximate surface area is 147 Å². The SMILES string of the molecule is Cc1ncn(-c2ccc(Cl)cc2C#N)c1C[N+](C)(C)C.[I-]. The molecule has 0 N–H and O–H groups in total. The highest BCUT2D eigenvalue weighted by Gasteiger charge is 2.18. The van der Waals surface area contributed by atoms with Gasteiger partial charge in [0.05, 0.1) is 44.4 Å². The molecule has 6 heteroatoms. The molecule has 1 aromatic carbocycles. The highest BCUT2D eigenvalue weighted by atomic mass is 127. The Hall–Kier alpha value is -1.10. The molecule has 1 heterocycles. The molecule has 0 fully saturated rings. The zero-order chi connectivity index (χ0) is 14.9. The Morgan fingerprint density at radius 2 is 2.00 bits per heavy atom. The predicted octanol–water partition coefficient (Wildman–Crippen LogP) is -0.0840. The lowest BCUT2D eigenvalue weighted by Gasteiger charge is -2.25. The summed E-state index contributed by atoms with van der Waals surface area (Å²) in [7, 11) is 6.39. The first-order chi connectivity index (χ1) is 9.31. The number of imidazole rings is 1. The average Bonchev–Trinajstić information content (AvgIpc) is 2.69. The Bertz CT molecular complexity index is 680. The standard InChI is InChI=1S/C15H18ClN4.HI/c1-11-15(9-20(2,3)4)19(10-18-11)14-6-5-13(16)7-12(14)8-17;/h5-7,10H,9H2,1-4H3;1H/q+1;/p-1. The molecule has 0 unspecified atom stereocenters. The molecule has 0 aliphatic rings. The summed E-state index contributed by atoms with van der Waals surface area (Å²) >= 11 is 5.96. The van der Waals surface area contributed by atoms with Crippen LogP contribution < -0.4 is 24.0 Å². The highest BCUT2D eigenvalue weighted by Crippen LogP contribution is 2.23. The minimum Gasteiger partial charge on any atom is -1.00 e. The molecule has 0 saturated carbocycles. The van der Waals surface area contributed by atoms with Crippen molar-refractivity contribution in [2.75, 3.05) is 21.1 Å². The molecule has 112 valence electrons.